The van der Waals surface area contributed by atoms with Crippen LogP contribution in [-0.2, 0) is 26.1 Å². The Morgan fingerprint density at radius 2 is 1.81 bits per heavy atom. The molecule has 0 aliphatic carbocycles. The maximum atomic E-state index is 11.8. The third-order valence-electron chi connectivity index (χ3n) is 2.65. The molecule has 0 bridgehead atoms. The molecule has 1 aromatic carbocycles. The Morgan fingerprint density at radius 3 is 2.24 bits per heavy atom. The number of nitrogens with two attached hydrogens (primary N) is 1. The summed E-state index contributed by atoms with van der Waals surface area (Å²) < 4.78 is 35.2. The lowest BCUT2D eigenvalue weighted by atomic mass is 10.0. The lowest BCUT2D eigenvalue weighted by Gasteiger charge is -2.22. The zero-order valence-corrected chi connectivity index (χ0v) is 13.2. The van der Waals surface area contributed by atoms with Crippen molar-refractivity contribution in [2.75, 3.05) is 5.75 Å². The van der Waals surface area contributed by atoms with Crippen molar-refractivity contribution in [2.45, 2.75) is 38.8 Å². The van der Waals surface area contributed by atoms with E-state index in [1.807, 2.05) is 0 Å². The summed E-state index contributed by atoms with van der Waals surface area (Å²) in [6.45, 7) is 5.28. The summed E-state index contributed by atoms with van der Waals surface area (Å²) in [5, 5.41) is 0. The number of rotatable bonds is 5. The van der Waals surface area contributed by atoms with Crippen LogP contribution in [0.1, 0.15) is 37.9 Å². The van der Waals surface area contributed by atoms with E-state index in [1.54, 1.807) is 45.0 Å². The van der Waals surface area contributed by atoms with Crippen molar-refractivity contribution in [1.82, 2.24) is 0 Å². The first-order valence-electron chi connectivity index (χ1n) is 6.50. The van der Waals surface area contributed by atoms with Crippen molar-refractivity contribution in [3.8, 4) is 0 Å². The molecule has 118 valence electrons. The van der Waals surface area contributed by atoms with Crippen molar-refractivity contribution < 1.29 is 22.5 Å². The monoisotopic (exact) mass is 315 g/mol. The molecule has 1 aromatic rings. The van der Waals surface area contributed by atoms with E-state index in [4.69, 9.17) is 15.0 Å². The largest absolute Gasteiger partial charge is 0.459 e. The molecule has 0 saturated carbocycles. The summed E-state index contributed by atoms with van der Waals surface area (Å²) in [5.41, 5.74) is 6.53. The van der Waals surface area contributed by atoms with Crippen molar-refractivity contribution in [2.24, 2.45) is 5.73 Å². The van der Waals surface area contributed by atoms with Gasteiger partial charge in [0, 0.05) is 0 Å². The van der Waals surface area contributed by atoms with E-state index in [0.29, 0.717) is 5.56 Å². The molecule has 0 spiro atoms. The van der Waals surface area contributed by atoms with Crippen LogP contribution >= 0.6 is 0 Å². The minimum Gasteiger partial charge on any atom is -0.459 e. The average Bonchev–Trinajstić information content (AvgIpc) is 2.33. The highest BCUT2D eigenvalue weighted by Gasteiger charge is 2.23. The molecule has 0 saturated heterocycles. The van der Waals surface area contributed by atoms with E-state index in [1.165, 1.54) is 0 Å². The molecule has 1 rings (SSSR count). The van der Waals surface area contributed by atoms with Crippen molar-refractivity contribution >= 4 is 16.1 Å². The molecule has 0 fully saturated rings. The topological polar surface area (TPSA) is 107 Å². The Morgan fingerprint density at radius 1 is 1.29 bits per heavy atom. The molecular weight excluding hydrogens is 294 g/mol. The summed E-state index contributed by atoms with van der Waals surface area (Å²) in [6.07, 6.45) is 0.195. The zero-order valence-electron chi connectivity index (χ0n) is 12.4. The molecule has 0 radical (unpaired) electrons. The SMILES string of the molecule is CC(C)(C)OC(=O)C(N)c1ccc(CCS(=O)(=O)O)cc1. The lowest BCUT2D eigenvalue weighted by Crippen LogP contribution is -2.31. The first kappa shape index (κ1) is 17.6. The minimum atomic E-state index is -3.98. The molecule has 0 aliphatic rings. The number of ether oxygens (including phenoxy) is 1. The van der Waals surface area contributed by atoms with Gasteiger partial charge >= 0.3 is 5.97 Å². The summed E-state index contributed by atoms with van der Waals surface area (Å²) >= 11 is 0. The van der Waals surface area contributed by atoms with Gasteiger partial charge in [0.05, 0.1) is 5.75 Å². The van der Waals surface area contributed by atoms with E-state index in [9.17, 15) is 13.2 Å². The fourth-order valence-corrected chi connectivity index (χ4v) is 2.13. The van der Waals surface area contributed by atoms with E-state index < -0.39 is 27.7 Å². The summed E-state index contributed by atoms with van der Waals surface area (Å²) in [7, 11) is -3.98. The van der Waals surface area contributed by atoms with Gasteiger partial charge in [-0.2, -0.15) is 8.42 Å². The van der Waals surface area contributed by atoms with Crippen LogP contribution in [0.2, 0.25) is 0 Å². The van der Waals surface area contributed by atoms with Gasteiger partial charge in [-0.25, -0.2) is 4.79 Å². The number of hydrogen-bond donors (Lipinski definition) is 2. The third kappa shape index (κ3) is 6.70. The minimum absolute atomic E-state index is 0.195. The lowest BCUT2D eigenvalue weighted by molar-refractivity contribution is -0.156. The van der Waals surface area contributed by atoms with Gasteiger partial charge < -0.3 is 10.5 Å². The van der Waals surface area contributed by atoms with Gasteiger partial charge in [-0.3, -0.25) is 4.55 Å². The second-order valence-corrected chi connectivity index (χ2v) is 7.36. The normalized spacial score (nSPS) is 13.8. The van der Waals surface area contributed by atoms with Crippen molar-refractivity contribution in [3.63, 3.8) is 0 Å². The second-order valence-electron chi connectivity index (χ2n) is 5.79. The first-order valence-corrected chi connectivity index (χ1v) is 8.11. The molecule has 0 amide bonds. The van der Waals surface area contributed by atoms with Gasteiger partial charge in [0.2, 0.25) is 0 Å². The number of esters is 1. The van der Waals surface area contributed by atoms with E-state index in [2.05, 4.69) is 0 Å². The molecule has 7 heteroatoms. The van der Waals surface area contributed by atoms with Gasteiger partial charge in [0.25, 0.3) is 10.1 Å². The van der Waals surface area contributed by atoms with Crippen LogP contribution in [0.15, 0.2) is 24.3 Å². The molecule has 6 nitrogen and oxygen atoms in total. The third-order valence-corrected chi connectivity index (χ3v) is 3.37. The molecule has 1 unspecified atom stereocenters. The predicted molar refractivity (Wildman–Crippen MR) is 79.3 cm³/mol. The molecule has 1 atom stereocenters. The highest BCUT2D eigenvalue weighted by molar-refractivity contribution is 7.85. The number of carbonyl (C=O) groups excluding carboxylic acids is 1. The highest BCUT2D eigenvalue weighted by Crippen LogP contribution is 2.17. The number of benzene rings is 1. The molecule has 21 heavy (non-hydrogen) atoms. The molecule has 0 aliphatic heterocycles. The maximum absolute atomic E-state index is 11.8. The van der Waals surface area contributed by atoms with Crippen LogP contribution in [0.5, 0.6) is 0 Å². The number of aryl methyl sites for hydroxylation is 1. The van der Waals surface area contributed by atoms with Gasteiger partial charge in [0.15, 0.2) is 0 Å². The Labute approximate surface area is 125 Å². The van der Waals surface area contributed by atoms with Crippen LogP contribution < -0.4 is 5.73 Å². The number of carbonyl (C=O) groups is 1. The highest BCUT2D eigenvalue weighted by atomic mass is 32.2. The Kier molecular flexibility index (Phi) is 5.49. The standard InChI is InChI=1S/C14H21NO5S/c1-14(2,3)20-13(16)12(15)11-6-4-10(5-7-11)8-9-21(17,18)19/h4-7,12H,8-9,15H2,1-3H3,(H,17,18,19). The summed E-state index contributed by atoms with van der Waals surface area (Å²) in [4.78, 5) is 11.8. The second kappa shape index (κ2) is 6.55. The zero-order chi connectivity index (χ0) is 16.3. The Balaban J connectivity index is 2.71. The Hall–Kier alpha value is -1.44. The van der Waals surface area contributed by atoms with E-state index >= 15 is 0 Å². The maximum Gasteiger partial charge on any atom is 0.328 e. The smallest absolute Gasteiger partial charge is 0.328 e. The quantitative estimate of drug-likeness (QED) is 0.629. The fourth-order valence-electron chi connectivity index (χ4n) is 1.64. The van der Waals surface area contributed by atoms with Crippen molar-refractivity contribution in [3.05, 3.63) is 35.4 Å². The fraction of sp³-hybridized carbons (Fsp3) is 0.500. The summed E-state index contributed by atoms with van der Waals surface area (Å²) in [6, 6.07) is 5.75. The summed E-state index contributed by atoms with van der Waals surface area (Å²) in [5.74, 6) is -0.863. The van der Waals surface area contributed by atoms with Gasteiger partial charge in [-0.05, 0) is 38.3 Å². The Bertz CT molecular complexity index is 587. The predicted octanol–water partition coefficient (Wildman–Crippen LogP) is 1.46. The van der Waals surface area contributed by atoms with Crippen LogP contribution in [-0.4, -0.2) is 30.3 Å². The van der Waals surface area contributed by atoms with Gasteiger partial charge in [-0.15, -0.1) is 0 Å². The number of hydrogen-bond acceptors (Lipinski definition) is 5. The van der Waals surface area contributed by atoms with E-state index in [0.717, 1.165) is 5.56 Å². The van der Waals surface area contributed by atoms with Gasteiger partial charge in [-0.1, -0.05) is 24.3 Å². The van der Waals surface area contributed by atoms with Crippen LogP contribution in [0, 0.1) is 0 Å². The molecule has 3 N–H and O–H groups in total. The molecule has 0 heterocycles. The molecule has 0 aromatic heterocycles. The van der Waals surface area contributed by atoms with Crippen LogP contribution in [0.25, 0.3) is 0 Å². The van der Waals surface area contributed by atoms with Crippen LogP contribution in [0.4, 0.5) is 0 Å². The van der Waals surface area contributed by atoms with Crippen LogP contribution in [0.3, 0.4) is 0 Å². The van der Waals surface area contributed by atoms with Crippen molar-refractivity contribution in [1.29, 1.82) is 0 Å². The van der Waals surface area contributed by atoms with Gasteiger partial charge in [0.1, 0.15) is 11.6 Å². The molecular formula is C14H21NO5S. The van der Waals surface area contributed by atoms with E-state index in [-0.39, 0.29) is 12.2 Å². The first-order chi connectivity index (χ1) is 9.48. The average molecular weight is 315 g/mol.